The first kappa shape index (κ1) is 18.5. The van der Waals surface area contributed by atoms with Crippen LogP contribution in [0.2, 0.25) is 10.0 Å². The van der Waals surface area contributed by atoms with Gasteiger partial charge in [0, 0.05) is 15.1 Å². The summed E-state index contributed by atoms with van der Waals surface area (Å²) in [6.45, 7) is 0. The molecule has 0 spiro atoms. The first-order valence-electron chi connectivity index (χ1n) is 7.67. The molecule has 0 atom stereocenters. The van der Waals surface area contributed by atoms with Crippen LogP contribution in [0.5, 0.6) is 0 Å². The smallest absolute Gasteiger partial charge is 0.249 e. The van der Waals surface area contributed by atoms with Crippen LogP contribution in [0.15, 0.2) is 56.5 Å². The molecule has 4 rings (SSSR count). The molecule has 2 aromatic carbocycles. The third-order valence-corrected chi connectivity index (χ3v) is 5.44. The third kappa shape index (κ3) is 4.35. The number of nitrogens with zero attached hydrogens (tertiary/aromatic N) is 4. The number of rotatable bonds is 5. The van der Waals surface area contributed by atoms with Gasteiger partial charge in [-0.25, -0.2) is 4.98 Å². The summed E-state index contributed by atoms with van der Waals surface area (Å²) >= 11 is 16.9. The van der Waals surface area contributed by atoms with Gasteiger partial charge >= 0.3 is 0 Å². The van der Waals surface area contributed by atoms with Crippen LogP contribution in [-0.2, 0) is 5.75 Å². The minimum Gasteiger partial charge on any atom is -0.420 e. The number of hydrogen-bond acceptors (Lipinski definition) is 6. The van der Waals surface area contributed by atoms with Crippen molar-refractivity contribution in [3.05, 3.63) is 62.9 Å². The zero-order valence-corrected chi connectivity index (χ0v) is 17.4. The van der Waals surface area contributed by atoms with E-state index in [-0.39, 0.29) is 0 Å². The SMILES string of the molecule is Clc1ccc(-c2nnc(CSc3n[nH]c(-c4ccc(Br)cc4)n3)o2)c(Cl)c1. The van der Waals surface area contributed by atoms with Crippen LogP contribution in [-0.4, -0.2) is 25.4 Å². The minimum absolute atomic E-state index is 0.345. The lowest BCUT2D eigenvalue weighted by molar-refractivity contribution is 0.528. The van der Waals surface area contributed by atoms with Gasteiger partial charge in [-0.3, -0.25) is 5.10 Å². The van der Waals surface area contributed by atoms with Crippen molar-refractivity contribution in [2.24, 2.45) is 0 Å². The fourth-order valence-electron chi connectivity index (χ4n) is 2.26. The van der Waals surface area contributed by atoms with Gasteiger partial charge in [-0.1, -0.05) is 63.0 Å². The Balaban J connectivity index is 1.44. The standard InChI is InChI=1S/C17H10BrCl2N5OS/c18-10-3-1-9(2-4-10)15-21-17(25-23-15)27-8-14-22-24-16(26-14)12-6-5-11(19)7-13(12)20/h1-7H,8H2,(H,21,23,25). The van der Waals surface area contributed by atoms with Crippen LogP contribution >= 0.6 is 50.9 Å². The molecule has 10 heteroatoms. The molecule has 0 amide bonds. The lowest BCUT2D eigenvalue weighted by Gasteiger charge is -1.98. The molecule has 2 aromatic heterocycles. The molecule has 136 valence electrons. The summed E-state index contributed by atoms with van der Waals surface area (Å²) < 4.78 is 6.68. The van der Waals surface area contributed by atoms with Crippen molar-refractivity contribution in [3.63, 3.8) is 0 Å². The lowest BCUT2D eigenvalue weighted by Crippen LogP contribution is -1.82. The van der Waals surface area contributed by atoms with E-state index in [0.29, 0.717) is 44.1 Å². The highest BCUT2D eigenvalue weighted by molar-refractivity contribution is 9.10. The van der Waals surface area contributed by atoms with Crippen molar-refractivity contribution in [1.29, 1.82) is 0 Å². The van der Waals surface area contributed by atoms with Gasteiger partial charge in [0.25, 0.3) is 0 Å². The van der Waals surface area contributed by atoms with E-state index in [4.69, 9.17) is 27.6 Å². The fourth-order valence-corrected chi connectivity index (χ4v) is 3.65. The van der Waals surface area contributed by atoms with Crippen LogP contribution in [0.1, 0.15) is 5.89 Å². The molecule has 0 aliphatic carbocycles. The van der Waals surface area contributed by atoms with E-state index in [2.05, 4.69) is 41.3 Å². The van der Waals surface area contributed by atoms with Gasteiger partial charge in [0.15, 0.2) is 5.82 Å². The molecule has 0 radical (unpaired) electrons. The van der Waals surface area contributed by atoms with Gasteiger partial charge in [-0.15, -0.1) is 15.3 Å². The number of hydrogen-bond donors (Lipinski definition) is 1. The second-order valence-corrected chi connectivity index (χ2v) is 8.09. The highest BCUT2D eigenvalue weighted by atomic mass is 79.9. The highest BCUT2D eigenvalue weighted by Gasteiger charge is 2.14. The number of nitrogens with one attached hydrogen (secondary N) is 1. The van der Waals surface area contributed by atoms with Crippen LogP contribution in [0.3, 0.4) is 0 Å². The summed E-state index contributed by atoms with van der Waals surface area (Å²) in [6, 6.07) is 12.9. The van der Waals surface area contributed by atoms with E-state index in [1.165, 1.54) is 11.8 Å². The number of aromatic amines is 1. The maximum atomic E-state index is 6.17. The summed E-state index contributed by atoms with van der Waals surface area (Å²) in [6.07, 6.45) is 0. The molecule has 0 bridgehead atoms. The van der Waals surface area contributed by atoms with Gasteiger partial charge in [0.1, 0.15) is 0 Å². The van der Waals surface area contributed by atoms with Crippen LogP contribution in [0, 0.1) is 0 Å². The Labute approximate surface area is 176 Å². The van der Waals surface area contributed by atoms with Crippen molar-refractivity contribution in [2.45, 2.75) is 10.9 Å². The molecule has 0 unspecified atom stereocenters. The lowest BCUT2D eigenvalue weighted by atomic mass is 10.2. The Kier molecular flexibility index (Phi) is 5.49. The maximum absolute atomic E-state index is 6.17. The predicted molar refractivity (Wildman–Crippen MR) is 109 cm³/mol. The highest BCUT2D eigenvalue weighted by Crippen LogP contribution is 2.30. The monoisotopic (exact) mass is 481 g/mol. The Morgan fingerprint density at radius 1 is 1.07 bits per heavy atom. The largest absolute Gasteiger partial charge is 0.420 e. The summed E-state index contributed by atoms with van der Waals surface area (Å²) in [5, 5.41) is 16.8. The molecule has 0 fully saturated rings. The number of benzene rings is 2. The Morgan fingerprint density at radius 2 is 1.89 bits per heavy atom. The minimum atomic E-state index is 0.345. The first-order valence-corrected chi connectivity index (χ1v) is 10.2. The van der Waals surface area contributed by atoms with Crippen molar-refractivity contribution in [3.8, 4) is 22.8 Å². The maximum Gasteiger partial charge on any atom is 0.249 e. The van der Waals surface area contributed by atoms with E-state index in [0.717, 1.165) is 10.0 Å². The van der Waals surface area contributed by atoms with Gasteiger partial charge < -0.3 is 4.42 Å². The molecule has 2 heterocycles. The van der Waals surface area contributed by atoms with E-state index in [9.17, 15) is 0 Å². The fraction of sp³-hybridized carbons (Fsp3) is 0.0588. The molecule has 1 N–H and O–H groups in total. The first-order chi connectivity index (χ1) is 13.1. The molecule has 0 aliphatic rings. The molecule has 6 nitrogen and oxygen atoms in total. The summed E-state index contributed by atoms with van der Waals surface area (Å²) in [5.74, 6) is 1.94. The average Bonchev–Trinajstić information content (AvgIpc) is 3.30. The quantitative estimate of drug-likeness (QED) is 0.357. The summed E-state index contributed by atoms with van der Waals surface area (Å²) in [7, 11) is 0. The second-order valence-electron chi connectivity index (χ2n) is 5.39. The van der Waals surface area contributed by atoms with Crippen LogP contribution in [0.25, 0.3) is 22.8 Å². The average molecular weight is 483 g/mol. The van der Waals surface area contributed by atoms with E-state index < -0.39 is 0 Å². The number of H-pyrrole nitrogens is 1. The number of aromatic nitrogens is 5. The normalized spacial score (nSPS) is 11.1. The topological polar surface area (TPSA) is 80.5 Å². The van der Waals surface area contributed by atoms with E-state index in [1.54, 1.807) is 18.2 Å². The molecule has 0 saturated carbocycles. The van der Waals surface area contributed by atoms with Crippen molar-refractivity contribution in [2.75, 3.05) is 0 Å². The predicted octanol–water partition coefficient (Wildman–Crippen LogP) is 5.88. The van der Waals surface area contributed by atoms with Gasteiger partial charge in [-0.05, 0) is 30.3 Å². The zero-order chi connectivity index (χ0) is 18.8. The van der Waals surface area contributed by atoms with E-state index >= 15 is 0 Å². The summed E-state index contributed by atoms with van der Waals surface area (Å²) in [4.78, 5) is 4.47. The molecule has 0 aliphatic heterocycles. The number of halogens is 3. The van der Waals surface area contributed by atoms with Crippen LogP contribution < -0.4 is 0 Å². The van der Waals surface area contributed by atoms with Crippen molar-refractivity contribution >= 4 is 50.9 Å². The molecular weight excluding hydrogens is 473 g/mol. The Hall–Kier alpha value is -1.87. The van der Waals surface area contributed by atoms with Crippen molar-refractivity contribution in [1.82, 2.24) is 25.4 Å². The zero-order valence-electron chi connectivity index (χ0n) is 13.5. The van der Waals surface area contributed by atoms with Gasteiger partial charge in [-0.2, -0.15) is 0 Å². The van der Waals surface area contributed by atoms with Gasteiger partial charge in [0.05, 0.1) is 16.3 Å². The van der Waals surface area contributed by atoms with Crippen molar-refractivity contribution < 1.29 is 4.42 Å². The molecule has 27 heavy (non-hydrogen) atoms. The Morgan fingerprint density at radius 3 is 2.67 bits per heavy atom. The molecule has 0 saturated heterocycles. The molecular formula is C17H10BrCl2N5OS. The molecule has 4 aromatic rings. The van der Waals surface area contributed by atoms with Crippen LogP contribution in [0.4, 0.5) is 0 Å². The van der Waals surface area contributed by atoms with E-state index in [1.807, 2.05) is 24.3 Å². The summed E-state index contributed by atoms with van der Waals surface area (Å²) in [5.41, 5.74) is 1.59. The second kappa shape index (κ2) is 8.02. The third-order valence-electron chi connectivity index (χ3n) is 3.54. The Bertz CT molecular complexity index is 1080. The number of thioether (sulfide) groups is 1. The van der Waals surface area contributed by atoms with Gasteiger partial charge in [0.2, 0.25) is 16.9 Å².